The fourth-order valence-electron chi connectivity index (χ4n) is 2.59. The Hall–Kier alpha value is -2.58. The van der Waals surface area contributed by atoms with Crippen LogP contribution in [0.1, 0.15) is 35.3 Å². The third-order valence-electron chi connectivity index (χ3n) is 4.04. The topological polar surface area (TPSA) is 73.3 Å². The highest BCUT2D eigenvalue weighted by Gasteiger charge is 2.14. The Balaban J connectivity index is 1.64. The van der Waals surface area contributed by atoms with Crippen LogP contribution >= 0.6 is 23.1 Å². The molecule has 6 nitrogen and oxygen atoms in total. The normalized spacial score (nSPS) is 10.6. The van der Waals surface area contributed by atoms with Crippen LogP contribution in [0.2, 0.25) is 0 Å². The molecule has 0 bridgehead atoms. The fourth-order valence-corrected chi connectivity index (χ4v) is 4.41. The quantitative estimate of drug-likeness (QED) is 0.373. The number of nitrogens with zero attached hydrogens (tertiary/aromatic N) is 2. The maximum Gasteiger partial charge on any atom is 0.257 e. The molecule has 0 aliphatic rings. The van der Waals surface area contributed by atoms with Crippen LogP contribution in [0.3, 0.4) is 0 Å². The highest BCUT2D eigenvalue weighted by molar-refractivity contribution is 8.00. The summed E-state index contributed by atoms with van der Waals surface area (Å²) in [6, 6.07) is 13.4. The molecule has 3 aromatic rings. The van der Waals surface area contributed by atoms with E-state index in [0.717, 1.165) is 10.1 Å². The lowest BCUT2D eigenvalue weighted by atomic mass is 10.1. The van der Waals surface area contributed by atoms with Crippen molar-refractivity contribution in [3.63, 3.8) is 0 Å². The Bertz CT molecular complexity index is 975. The summed E-state index contributed by atoms with van der Waals surface area (Å²) < 4.78 is 11.9. The maximum atomic E-state index is 12.6. The van der Waals surface area contributed by atoms with Gasteiger partial charge in [0, 0.05) is 11.3 Å². The van der Waals surface area contributed by atoms with Crippen molar-refractivity contribution in [2.45, 2.75) is 30.9 Å². The third-order valence-corrected chi connectivity index (χ3v) is 6.07. The van der Waals surface area contributed by atoms with Gasteiger partial charge in [0.05, 0.1) is 13.2 Å². The Kier molecular flexibility index (Phi) is 7.48. The van der Waals surface area contributed by atoms with Gasteiger partial charge in [-0.25, -0.2) is 0 Å². The zero-order valence-corrected chi connectivity index (χ0v) is 18.2. The first-order valence-corrected chi connectivity index (χ1v) is 11.1. The molecule has 1 aromatic heterocycles. The van der Waals surface area contributed by atoms with Crippen LogP contribution in [-0.2, 0) is 5.75 Å². The minimum Gasteiger partial charge on any atom is -0.490 e. The van der Waals surface area contributed by atoms with Crippen LogP contribution in [0.5, 0.6) is 11.5 Å². The first-order chi connectivity index (χ1) is 14.1. The van der Waals surface area contributed by atoms with E-state index in [1.165, 1.54) is 22.5 Å². The first kappa shape index (κ1) is 21.1. The van der Waals surface area contributed by atoms with Crippen molar-refractivity contribution in [3.05, 3.63) is 59.2 Å². The number of hydrogen-bond acceptors (Lipinski definition) is 7. The van der Waals surface area contributed by atoms with E-state index in [0.29, 0.717) is 35.4 Å². The third kappa shape index (κ3) is 5.71. The van der Waals surface area contributed by atoms with E-state index in [9.17, 15) is 4.79 Å². The van der Waals surface area contributed by atoms with Gasteiger partial charge in [-0.15, -0.1) is 10.2 Å². The Labute approximate surface area is 178 Å². The van der Waals surface area contributed by atoms with Crippen LogP contribution in [0.25, 0.3) is 0 Å². The van der Waals surface area contributed by atoms with Crippen LogP contribution in [0, 0.1) is 6.92 Å². The predicted molar refractivity (Wildman–Crippen MR) is 117 cm³/mol. The molecule has 3 rings (SSSR count). The minimum absolute atomic E-state index is 0.263. The van der Waals surface area contributed by atoms with Gasteiger partial charge in [0.25, 0.3) is 5.91 Å². The van der Waals surface area contributed by atoms with Gasteiger partial charge in [-0.05, 0) is 50.1 Å². The standard InChI is InChI=1S/C21H23N3O3S2/c1-4-26-17-11-10-15(12-18(17)27-5-2)19(25)22-20-23-24-21(29-20)28-13-16-9-7-6-8-14(16)3/h6-12H,4-5,13H2,1-3H3,(H,22,23,25). The molecule has 1 heterocycles. The molecule has 29 heavy (non-hydrogen) atoms. The Morgan fingerprint density at radius 3 is 2.59 bits per heavy atom. The number of nitrogens with one attached hydrogen (secondary N) is 1. The van der Waals surface area contributed by atoms with Crippen molar-refractivity contribution in [3.8, 4) is 11.5 Å². The average Bonchev–Trinajstić information content (AvgIpc) is 3.16. The lowest BCUT2D eigenvalue weighted by Crippen LogP contribution is -2.12. The summed E-state index contributed by atoms with van der Waals surface area (Å²) in [5.41, 5.74) is 2.98. The number of amides is 1. The molecular weight excluding hydrogens is 406 g/mol. The van der Waals surface area contributed by atoms with Gasteiger partial charge in [-0.2, -0.15) is 0 Å². The van der Waals surface area contributed by atoms with Crippen LogP contribution < -0.4 is 14.8 Å². The molecule has 0 unspecified atom stereocenters. The number of hydrogen-bond donors (Lipinski definition) is 1. The maximum absolute atomic E-state index is 12.6. The first-order valence-electron chi connectivity index (χ1n) is 9.32. The Morgan fingerprint density at radius 1 is 1.07 bits per heavy atom. The molecule has 0 aliphatic carbocycles. The van der Waals surface area contributed by atoms with Crippen LogP contribution in [0.4, 0.5) is 5.13 Å². The summed E-state index contributed by atoms with van der Waals surface area (Å²) >= 11 is 2.96. The number of benzene rings is 2. The second kappa shape index (κ2) is 10.3. The molecule has 1 amide bonds. The van der Waals surface area contributed by atoms with Crippen LogP contribution in [0.15, 0.2) is 46.8 Å². The van der Waals surface area contributed by atoms with Gasteiger partial charge in [0.15, 0.2) is 15.8 Å². The van der Waals surface area contributed by atoms with E-state index in [4.69, 9.17) is 9.47 Å². The summed E-state index contributed by atoms with van der Waals surface area (Å²) in [4.78, 5) is 12.6. The van der Waals surface area contributed by atoms with Gasteiger partial charge in [0.2, 0.25) is 5.13 Å². The summed E-state index contributed by atoms with van der Waals surface area (Å²) in [6.07, 6.45) is 0. The number of thioether (sulfide) groups is 1. The molecular formula is C21H23N3O3S2. The van der Waals surface area contributed by atoms with E-state index >= 15 is 0 Å². The molecule has 0 atom stereocenters. The molecule has 0 saturated carbocycles. The van der Waals surface area contributed by atoms with Crippen molar-refractivity contribution in [1.29, 1.82) is 0 Å². The van der Waals surface area contributed by atoms with Crippen molar-refractivity contribution >= 4 is 34.1 Å². The Morgan fingerprint density at radius 2 is 1.83 bits per heavy atom. The van der Waals surface area contributed by atoms with E-state index in [2.05, 4.69) is 34.6 Å². The molecule has 0 saturated heterocycles. The summed E-state index contributed by atoms with van der Waals surface area (Å²) in [7, 11) is 0. The fraction of sp³-hybridized carbons (Fsp3) is 0.286. The second-order valence-electron chi connectivity index (χ2n) is 6.07. The minimum atomic E-state index is -0.263. The van der Waals surface area contributed by atoms with Gasteiger partial charge in [-0.3, -0.25) is 10.1 Å². The smallest absolute Gasteiger partial charge is 0.257 e. The number of aryl methyl sites for hydroxylation is 1. The van der Waals surface area contributed by atoms with E-state index in [1.54, 1.807) is 30.0 Å². The zero-order valence-electron chi connectivity index (χ0n) is 16.6. The van der Waals surface area contributed by atoms with Crippen molar-refractivity contribution in [1.82, 2.24) is 10.2 Å². The largest absolute Gasteiger partial charge is 0.490 e. The number of ether oxygens (including phenoxy) is 2. The SMILES string of the molecule is CCOc1ccc(C(=O)Nc2nnc(SCc3ccccc3C)s2)cc1OCC. The monoisotopic (exact) mass is 429 g/mol. The van der Waals surface area contributed by atoms with E-state index in [-0.39, 0.29) is 5.91 Å². The number of anilines is 1. The van der Waals surface area contributed by atoms with Crippen molar-refractivity contribution in [2.75, 3.05) is 18.5 Å². The highest BCUT2D eigenvalue weighted by atomic mass is 32.2. The molecule has 0 fully saturated rings. The molecule has 8 heteroatoms. The van der Waals surface area contributed by atoms with Gasteiger partial charge < -0.3 is 9.47 Å². The van der Waals surface area contributed by atoms with Crippen LogP contribution in [-0.4, -0.2) is 29.3 Å². The van der Waals surface area contributed by atoms with Gasteiger partial charge in [0.1, 0.15) is 0 Å². The molecule has 152 valence electrons. The molecule has 0 radical (unpaired) electrons. The zero-order chi connectivity index (χ0) is 20.6. The lowest BCUT2D eigenvalue weighted by molar-refractivity contribution is 0.102. The number of carbonyl (C=O) groups is 1. The molecule has 1 N–H and O–H groups in total. The molecule has 0 spiro atoms. The summed E-state index contributed by atoms with van der Waals surface area (Å²) in [5, 5.41) is 11.5. The van der Waals surface area contributed by atoms with E-state index in [1.807, 2.05) is 26.0 Å². The number of aromatic nitrogens is 2. The molecule has 2 aromatic carbocycles. The average molecular weight is 430 g/mol. The number of carbonyl (C=O) groups excluding carboxylic acids is 1. The summed E-state index contributed by atoms with van der Waals surface area (Å²) in [6.45, 7) is 6.90. The number of rotatable bonds is 9. The van der Waals surface area contributed by atoms with Crippen molar-refractivity contribution < 1.29 is 14.3 Å². The van der Waals surface area contributed by atoms with E-state index < -0.39 is 0 Å². The predicted octanol–water partition coefficient (Wildman–Crippen LogP) is 5.19. The highest BCUT2D eigenvalue weighted by Crippen LogP contribution is 2.31. The molecule has 0 aliphatic heterocycles. The van der Waals surface area contributed by atoms with Gasteiger partial charge in [-0.1, -0.05) is 47.4 Å². The van der Waals surface area contributed by atoms with Gasteiger partial charge >= 0.3 is 0 Å². The lowest BCUT2D eigenvalue weighted by Gasteiger charge is -2.12. The second-order valence-corrected chi connectivity index (χ2v) is 8.27. The summed E-state index contributed by atoms with van der Waals surface area (Å²) in [5.74, 6) is 1.72. The van der Waals surface area contributed by atoms with Crippen molar-refractivity contribution in [2.24, 2.45) is 0 Å².